The van der Waals surface area contributed by atoms with Gasteiger partial charge in [0.15, 0.2) is 12.0 Å². The molecule has 2 aromatic heterocycles. The average Bonchev–Trinajstić information content (AvgIpc) is 2.96. The Bertz CT molecular complexity index is 645. The van der Waals surface area contributed by atoms with Crippen molar-refractivity contribution >= 4 is 17.0 Å². The highest BCUT2D eigenvalue weighted by atomic mass is 16.3. The van der Waals surface area contributed by atoms with Crippen molar-refractivity contribution in [1.82, 2.24) is 20.2 Å². The molecule has 5 heterocycles. The number of carbonyl (C=O) groups is 1. The van der Waals surface area contributed by atoms with Gasteiger partial charge in [0.05, 0.1) is 6.20 Å². The van der Waals surface area contributed by atoms with Crippen molar-refractivity contribution in [3.05, 3.63) is 24.4 Å². The first kappa shape index (κ1) is 11.8. The number of hydrogen-bond donors (Lipinski definition) is 1. The van der Waals surface area contributed by atoms with Crippen LogP contribution in [0.4, 0.5) is 0 Å². The maximum Gasteiger partial charge on any atom is 0.270 e. The second-order valence-electron chi connectivity index (χ2n) is 5.61. The first-order valence-electron chi connectivity index (χ1n) is 7.02. The summed E-state index contributed by atoms with van der Waals surface area (Å²) in [5, 5.41) is 3.12. The van der Waals surface area contributed by atoms with E-state index < -0.39 is 0 Å². The second-order valence-corrected chi connectivity index (χ2v) is 5.61. The van der Waals surface area contributed by atoms with E-state index in [1.54, 1.807) is 12.3 Å². The summed E-state index contributed by atoms with van der Waals surface area (Å²) in [7, 11) is 0. The molecule has 6 heteroatoms. The third-order valence-electron chi connectivity index (χ3n) is 4.42. The number of rotatable bonds is 2. The zero-order valence-electron chi connectivity index (χ0n) is 11.1. The van der Waals surface area contributed by atoms with E-state index in [1.165, 1.54) is 32.3 Å². The lowest BCUT2D eigenvalue weighted by Crippen LogP contribution is -2.57. The number of nitrogens with one attached hydrogen (secondary N) is 1. The molecule has 2 aromatic rings. The number of amides is 1. The highest BCUT2D eigenvalue weighted by Gasteiger charge is 2.35. The standard InChI is InChI=1S/C14H16N4O2/c19-14(11-5-10-13(6-15-11)20-8-16-10)17-12-7-18-3-1-9(12)2-4-18/h5-6,8-9,12H,1-4,7H2,(H,17,19). The molecular formula is C14H16N4O2. The molecule has 104 valence electrons. The van der Waals surface area contributed by atoms with Crippen molar-refractivity contribution in [3.8, 4) is 0 Å². The summed E-state index contributed by atoms with van der Waals surface area (Å²) in [6, 6.07) is 1.93. The zero-order chi connectivity index (χ0) is 13.5. The van der Waals surface area contributed by atoms with E-state index in [2.05, 4.69) is 20.2 Å². The molecule has 0 spiro atoms. The lowest BCUT2D eigenvalue weighted by Gasteiger charge is -2.44. The van der Waals surface area contributed by atoms with Crippen molar-refractivity contribution in [2.24, 2.45) is 5.92 Å². The van der Waals surface area contributed by atoms with Gasteiger partial charge in [0.25, 0.3) is 5.91 Å². The second kappa shape index (κ2) is 4.56. The fourth-order valence-corrected chi connectivity index (χ4v) is 3.26. The summed E-state index contributed by atoms with van der Waals surface area (Å²) in [5.41, 5.74) is 1.67. The van der Waals surface area contributed by atoms with Gasteiger partial charge in [-0.1, -0.05) is 0 Å². The summed E-state index contributed by atoms with van der Waals surface area (Å²) in [5.74, 6) is 0.494. The van der Waals surface area contributed by atoms with Crippen LogP contribution >= 0.6 is 0 Å². The van der Waals surface area contributed by atoms with Gasteiger partial charge in [-0.2, -0.15) is 0 Å². The van der Waals surface area contributed by atoms with Crippen LogP contribution in [0.5, 0.6) is 0 Å². The Morgan fingerprint density at radius 3 is 2.95 bits per heavy atom. The van der Waals surface area contributed by atoms with Crippen LogP contribution < -0.4 is 5.32 Å². The van der Waals surface area contributed by atoms with Crippen LogP contribution in [0.25, 0.3) is 11.1 Å². The van der Waals surface area contributed by atoms with Gasteiger partial charge in [-0.15, -0.1) is 0 Å². The molecule has 1 unspecified atom stereocenters. The molecule has 2 bridgehead atoms. The van der Waals surface area contributed by atoms with Gasteiger partial charge in [0, 0.05) is 12.6 Å². The summed E-state index contributed by atoms with van der Waals surface area (Å²) < 4.78 is 5.13. The van der Waals surface area contributed by atoms with Gasteiger partial charge in [-0.05, 0) is 37.9 Å². The van der Waals surface area contributed by atoms with E-state index in [1.807, 2.05) is 0 Å². The largest absolute Gasteiger partial charge is 0.442 e. The minimum atomic E-state index is -0.117. The molecule has 0 radical (unpaired) electrons. The molecule has 1 N–H and O–H groups in total. The molecule has 3 aliphatic rings. The molecular weight excluding hydrogens is 256 g/mol. The van der Waals surface area contributed by atoms with Crippen molar-refractivity contribution in [2.45, 2.75) is 18.9 Å². The predicted octanol–water partition coefficient (Wildman–Crippen LogP) is 1.05. The summed E-state index contributed by atoms with van der Waals surface area (Å²) in [6.07, 6.45) is 5.27. The Hall–Kier alpha value is -1.95. The molecule has 3 saturated heterocycles. The van der Waals surface area contributed by atoms with Crippen LogP contribution in [0.15, 0.2) is 23.1 Å². The highest BCUT2D eigenvalue weighted by molar-refractivity contribution is 5.95. The minimum Gasteiger partial charge on any atom is -0.442 e. The fraction of sp³-hybridized carbons (Fsp3) is 0.500. The topological polar surface area (TPSA) is 71.3 Å². The number of piperidine rings is 3. The maximum absolute atomic E-state index is 12.3. The number of oxazole rings is 1. The van der Waals surface area contributed by atoms with Crippen LogP contribution in [-0.4, -0.2) is 46.5 Å². The minimum absolute atomic E-state index is 0.117. The van der Waals surface area contributed by atoms with E-state index in [4.69, 9.17) is 4.42 Å². The Labute approximate surface area is 116 Å². The molecule has 0 aliphatic carbocycles. The average molecular weight is 272 g/mol. The first-order valence-corrected chi connectivity index (χ1v) is 7.02. The molecule has 20 heavy (non-hydrogen) atoms. The monoisotopic (exact) mass is 272 g/mol. The van der Waals surface area contributed by atoms with Crippen LogP contribution in [0, 0.1) is 5.92 Å². The lowest BCUT2D eigenvalue weighted by atomic mass is 9.84. The number of fused-ring (bicyclic) bond motifs is 4. The van der Waals surface area contributed by atoms with Gasteiger partial charge in [0.2, 0.25) is 0 Å². The van der Waals surface area contributed by atoms with Crippen LogP contribution in [0.2, 0.25) is 0 Å². The van der Waals surface area contributed by atoms with E-state index >= 15 is 0 Å². The Kier molecular flexibility index (Phi) is 2.70. The Balaban J connectivity index is 1.52. The number of aromatic nitrogens is 2. The molecule has 3 fully saturated rings. The van der Waals surface area contributed by atoms with Gasteiger partial charge >= 0.3 is 0 Å². The highest BCUT2D eigenvalue weighted by Crippen LogP contribution is 2.27. The maximum atomic E-state index is 12.3. The predicted molar refractivity (Wildman–Crippen MR) is 72.2 cm³/mol. The van der Waals surface area contributed by atoms with Gasteiger partial charge in [0.1, 0.15) is 11.2 Å². The summed E-state index contributed by atoms with van der Waals surface area (Å²) >= 11 is 0. The quantitative estimate of drug-likeness (QED) is 0.884. The molecule has 0 saturated carbocycles. The summed E-state index contributed by atoms with van der Waals surface area (Å²) in [6.45, 7) is 3.29. The number of hydrogen-bond acceptors (Lipinski definition) is 5. The zero-order valence-corrected chi connectivity index (χ0v) is 11.1. The SMILES string of the molecule is O=C(NC1CN2CCC1CC2)c1cc2ncoc2cn1. The lowest BCUT2D eigenvalue weighted by molar-refractivity contribution is 0.0618. The van der Waals surface area contributed by atoms with Crippen LogP contribution in [0.3, 0.4) is 0 Å². The molecule has 5 rings (SSSR count). The molecule has 3 aliphatic heterocycles. The van der Waals surface area contributed by atoms with Crippen molar-refractivity contribution < 1.29 is 9.21 Å². The van der Waals surface area contributed by atoms with E-state index in [0.29, 0.717) is 22.7 Å². The number of nitrogens with zero attached hydrogens (tertiary/aromatic N) is 3. The van der Waals surface area contributed by atoms with E-state index in [9.17, 15) is 4.79 Å². The Morgan fingerprint density at radius 1 is 1.35 bits per heavy atom. The van der Waals surface area contributed by atoms with Crippen LogP contribution in [-0.2, 0) is 0 Å². The normalized spacial score (nSPS) is 28.7. The first-order chi connectivity index (χ1) is 9.79. The molecule has 1 amide bonds. The molecule has 6 nitrogen and oxygen atoms in total. The third-order valence-corrected chi connectivity index (χ3v) is 4.42. The smallest absolute Gasteiger partial charge is 0.270 e. The molecule has 0 aromatic carbocycles. The van der Waals surface area contributed by atoms with Gasteiger partial charge in [-0.3, -0.25) is 4.79 Å². The van der Waals surface area contributed by atoms with E-state index in [0.717, 1.165) is 6.54 Å². The number of pyridine rings is 1. The molecule has 1 atom stereocenters. The van der Waals surface area contributed by atoms with Gasteiger partial charge in [-0.25, -0.2) is 9.97 Å². The third kappa shape index (κ3) is 1.96. The van der Waals surface area contributed by atoms with Crippen molar-refractivity contribution in [2.75, 3.05) is 19.6 Å². The Morgan fingerprint density at radius 2 is 2.20 bits per heavy atom. The number of carbonyl (C=O) groups excluding carboxylic acids is 1. The van der Waals surface area contributed by atoms with Crippen molar-refractivity contribution in [1.29, 1.82) is 0 Å². The van der Waals surface area contributed by atoms with Crippen LogP contribution in [0.1, 0.15) is 23.3 Å². The van der Waals surface area contributed by atoms with E-state index in [-0.39, 0.29) is 11.9 Å². The fourth-order valence-electron chi connectivity index (χ4n) is 3.26. The van der Waals surface area contributed by atoms with Gasteiger partial charge < -0.3 is 14.6 Å². The van der Waals surface area contributed by atoms with Crippen molar-refractivity contribution in [3.63, 3.8) is 0 Å². The summed E-state index contributed by atoms with van der Waals surface area (Å²) in [4.78, 5) is 22.9.